The van der Waals surface area contributed by atoms with E-state index in [1.54, 1.807) is 12.1 Å². The van der Waals surface area contributed by atoms with Gasteiger partial charge in [-0.2, -0.15) is 0 Å². The fourth-order valence-electron chi connectivity index (χ4n) is 4.18. The fourth-order valence-corrected chi connectivity index (χ4v) is 4.37. The van der Waals surface area contributed by atoms with Crippen molar-refractivity contribution in [2.24, 2.45) is 5.92 Å². The Morgan fingerprint density at radius 3 is 2.58 bits per heavy atom. The molecule has 4 heteroatoms. The van der Waals surface area contributed by atoms with E-state index < -0.39 is 0 Å². The number of allylic oxidation sites excluding steroid dienone is 1. The van der Waals surface area contributed by atoms with E-state index in [2.05, 4.69) is 52.8 Å². The molecule has 2 heterocycles. The van der Waals surface area contributed by atoms with Crippen molar-refractivity contribution in [1.82, 2.24) is 0 Å². The van der Waals surface area contributed by atoms with Crippen LogP contribution in [0.3, 0.4) is 0 Å². The van der Waals surface area contributed by atoms with E-state index in [0.717, 1.165) is 33.7 Å². The summed E-state index contributed by atoms with van der Waals surface area (Å²) in [5, 5.41) is 9.99. The van der Waals surface area contributed by atoms with Crippen LogP contribution >= 0.6 is 11.8 Å². The average molecular weight is 370 g/mol. The number of phenols is 1. The Morgan fingerprint density at radius 2 is 1.88 bits per heavy atom. The molecule has 0 saturated carbocycles. The van der Waals surface area contributed by atoms with Crippen LogP contribution in [0.1, 0.15) is 51.8 Å². The lowest BCUT2D eigenvalue weighted by molar-refractivity contribution is 0.150. The molecular formula is C22H24ClNO2. The zero-order valence-corrected chi connectivity index (χ0v) is 16.6. The molecule has 0 amide bonds. The van der Waals surface area contributed by atoms with Crippen molar-refractivity contribution in [3.05, 3.63) is 47.5 Å². The number of aromatic hydroxyl groups is 1. The summed E-state index contributed by atoms with van der Waals surface area (Å²) in [6, 6.07) is 9.49. The van der Waals surface area contributed by atoms with Crippen molar-refractivity contribution in [2.45, 2.75) is 46.3 Å². The van der Waals surface area contributed by atoms with E-state index in [0.29, 0.717) is 5.92 Å². The van der Waals surface area contributed by atoms with E-state index in [9.17, 15) is 5.11 Å². The van der Waals surface area contributed by atoms with E-state index in [4.69, 9.17) is 16.5 Å². The van der Waals surface area contributed by atoms with E-state index in [1.807, 2.05) is 10.5 Å². The minimum absolute atomic E-state index is 0.0633. The highest BCUT2D eigenvalue weighted by Crippen LogP contribution is 2.52. The third kappa shape index (κ3) is 2.41. The molecule has 1 N–H and O–H groups in total. The van der Waals surface area contributed by atoms with Gasteiger partial charge in [0.15, 0.2) is 0 Å². The Hall–Kier alpha value is -2.13. The molecule has 0 bridgehead atoms. The van der Waals surface area contributed by atoms with Crippen molar-refractivity contribution in [1.29, 1.82) is 0 Å². The number of nitrogens with zero attached hydrogens (tertiary/aromatic N) is 1. The lowest BCUT2D eigenvalue weighted by Gasteiger charge is -2.41. The number of hydrogen-bond donors (Lipinski definition) is 1. The Kier molecular flexibility index (Phi) is 3.78. The summed E-state index contributed by atoms with van der Waals surface area (Å²) < 4.78 is 8.19. The summed E-state index contributed by atoms with van der Waals surface area (Å²) in [5.74, 6) is 1.36. The Bertz CT molecular complexity index is 930. The van der Waals surface area contributed by atoms with Crippen LogP contribution in [0.15, 0.2) is 36.4 Å². The number of benzene rings is 2. The summed E-state index contributed by atoms with van der Waals surface area (Å²) >= 11 is 6.71. The summed E-state index contributed by atoms with van der Waals surface area (Å²) in [6.45, 7) is 10.7. The number of anilines is 1. The van der Waals surface area contributed by atoms with Crippen LogP contribution < -0.4 is 9.16 Å². The predicted molar refractivity (Wildman–Crippen MR) is 108 cm³/mol. The number of ether oxygens (including phenoxy) is 1. The second-order valence-corrected chi connectivity index (χ2v) is 8.48. The van der Waals surface area contributed by atoms with E-state index in [-0.39, 0.29) is 17.4 Å². The van der Waals surface area contributed by atoms with Crippen LogP contribution in [0, 0.1) is 5.92 Å². The summed E-state index contributed by atoms with van der Waals surface area (Å²) in [4.78, 5) is 0. The predicted octanol–water partition coefficient (Wildman–Crippen LogP) is 6.30. The molecule has 0 aliphatic carbocycles. The van der Waals surface area contributed by atoms with Gasteiger partial charge in [0.05, 0.1) is 11.2 Å². The maximum Gasteiger partial charge on any atom is 0.128 e. The fraction of sp³-hybridized carbons (Fsp3) is 0.364. The summed E-state index contributed by atoms with van der Waals surface area (Å²) in [6.07, 6.45) is 2.14. The molecule has 2 aliphatic rings. The number of rotatable bonds is 1. The molecule has 0 spiro atoms. The van der Waals surface area contributed by atoms with Crippen molar-refractivity contribution in [3.63, 3.8) is 0 Å². The average Bonchev–Trinajstić information content (AvgIpc) is 2.57. The molecule has 0 aromatic heterocycles. The first-order valence-electron chi connectivity index (χ1n) is 9.03. The summed E-state index contributed by atoms with van der Waals surface area (Å²) in [5.41, 5.74) is 6.29. The highest BCUT2D eigenvalue weighted by Gasteiger charge is 2.37. The third-order valence-corrected chi connectivity index (χ3v) is 5.92. The lowest BCUT2D eigenvalue weighted by Crippen LogP contribution is -2.39. The van der Waals surface area contributed by atoms with Gasteiger partial charge in [-0.15, -0.1) is 0 Å². The molecule has 0 radical (unpaired) electrons. The smallest absolute Gasteiger partial charge is 0.128 e. The minimum Gasteiger partial charge on any atom is -0.508 e. The van der Waals surface area contributed by atoms with Crippen LogP contribution in [-0.4, -0.2) is 10.6 Å². The quantitative estimate of drug-likeness (QED) is 0.598. The number of fused-ring (bicyclic) bond motifs is 5. The molecule has 2 aromatic carbocycles. The molecule has 4 rings (SSSR count). The van der Waals surface area contributed by atoms with Gasteiger partial charge in [-0.1, -0.05) is 26.0 Å². The van der Waals surface area contributed by atoms with Crippen LogP contribution in [0.5, 0.6) is 11.5 Å². The van der Waals surface area contributed by atoms with Gasteiger partial charge in [0.25, 0.3) is 0 Å². The van der Waals surface area contributed by atoms with Crippen LogP contribution in [0.25, 0.3) is 16.7 Å². The monoisotopic (exact) mass is 369 g/mol. The zero-order valence-electron chi connectivity index (χ0n) is 15.8. The van der Waals surface area contributed by atoms with Crippen molar-refractivity contribution >= 4 is 23.0 Å². The van der Waals surface area contributed by atoms with Gasteiger partial charge in [-0.05, 0) is 62.1 Å². The summed E-state index contributed by atoms with van der Waals surface area (Å²) in [7, 11) is 0. The Morgan fingerprint density at radius 1 is 1.15 bits per heavy atom. The third-order valence-electron chi connectivity index (χ3n) is 5.30. The largest absolute Gasteiger partial charge is 0.508 e. The normalized spacial score (nSPS) is 20.0. The van der Waals surface area contributed by atoms with E-state index >= 15 is 0 Å². The number of halogens is 1. The van der Waals surface area contributed by atoms with Crippen molar-refractivity contribution < 1.29 is 9.84 Å². The van der Waals surface area contributed by atoms with Crippen LogP contribution in [-0.2, 0) is 0 Å². The first-order valence-corrected chi connectivity index (χ1v) is 9.37. The van der Waals surface area contributed by atoms with E-state index in [1.165, 1.54) is 5.57 Å². The van der Waals surface area contributed by atoms with Gasteiger partial charge in [-0.25, -0.2) is 0 Å². The highest BCUT2D eigenvalue weighted by molar-refractivity contribution is 6.28. The van der Waals surface area contributed by atoms with Crippen LogP contribution in [0.4, 0.5) is 5.69 Å². The maximum absolute atomic E-state index is 9.99. The molecule has 1 atom stereocenters. The Labute approximate surface area is 160 Å². The zero-order chi connectivity index (χ0) is 18.8. The molecule has 0 saturated heterocycles. The standard InChI is InChI=1S/C22H24ClNO2/c1-12(2)21-20-15(16-10-14(25)6-9-18(16)26-21)7-8-17-19(20)13(3)11-22(4,5)24(17)23/h6-12,21,25H,1-5H3. The van der Waals surface area contributed by atoms with Gasteiger partial charge in [-0.3, -0.25) is 4.42 Å². The topological polar surface area (TPSA) is 32.7 Å². The Balaban J connectivity index is 2.05. The van der Waals surface area contributed by atoms with Crippen molar-refractivity contribution in [3.8, 4) is 22.6 Å². The van der Waals surface area contributed by atoms with Gasteiger partial charge < -0.3 is 9.84 Å². The SMILES string of the molecule is CC1=CC(C)(C)N(Cl)c2ccc3c(c21)C(C(C)C)Oc1ccc(O)cc1-3. The van der Waals surface area contributed by atoms with Gasteiger partial charge in [0.1, 0.15) is 17.6 Å². The first kappa shape index (κ1) is 17.3. The maximum atomic E-state index is 9.99. The second-order valence-electron chi connectivity index (χ2n) is 8.15. The number of hydrogen-bond acceptors (Lipinski definition) is 3. The molecule has 136 valence electrons. The highest BCUT2D eigenvalue weighted by atomic mass is 35.5. The van der Waals surface area contributed by atoms with Crippen LogP contribution in [0.2, 0.25) is 0 Å². The van der Waals surface area contributed by atoms with Gasteiger partial charge in [0, 0.05) is 28.5 Å². The lowest BCUT2D eigenvalue weighted by atomic mass is 9.79. The second kappa shape index (κ2) is 5.68. The molecule has 3 nitrogen and oxygen atoms in total. The molecule has 1 unspecified atom stereocenters. The molecular weight excluding hydrogens is 346 g/mol. The minimum atomic E-state index is -0.258. The number of phenolic OH excluding ortho intramolecular Hbond substituents is 1. The van der Waals surface area contributed by atoms with Gasteiger partial charge >= 0.3 is 0 Å². The van der Waals surface area contributed by atoms with Crippen molar-refractivity contribution in [2.75, 3.05) is 4.42 Å². The first-order chi connectivity index (χ1) is 12.2. The molecule has 0 fully saturated rings. The molecule has 26 heavy (non-hydrogen) atoms. The van der Waals surface area contributed by atoms with Gasteiger partial charge in [0.2, 0.25) is 0 Å². The molecule has 2 aromatic rings. The molecule has 2 aliphatic heterocycles.